The van der Waals surface area contributed by atoms with Crippen molar-refractivity contribution in [3.63, 3.8) is 0 Å². The number of carbonyl (C=O) groups is 2. The van der Waals surface area contributed by atoms with E-state index in [2.05, 4.69) is 5.32 Å². The maximum Gasteiger partial charge on any atom is 0.409 e. The number of nitro groups is 1. The first-order chi connectivity index (χ1) is 12.9. The Morgan fingerprint density at radius 3 is 2.63 bits per heavy atom. The van der Waals surface area contributed by atoms with Crippen molar-refractivity contribution in [2.75, 3.05) is 19.0 Å². The number of ether oxygens (including phenoxy) is 1. The van der Waals surface area contributed by atoms with Crippen LogP contribution in [0.25, 0.3) is 0 Å². The number of amides is 2. The van der Waals surface area contributed by atoms with Gasteiger partial charge in [-0.1, -0.05) is 6.07 Å². The standard InChI is InChI=1S/C19H19N3O5/c1-12-9-14(4-6-17(12)22(25)26)18(23)20-16-5-3-13-7-8-21(19(24)27-2)11-15(13)10-16/h3-6,9-10H,7-8,11H2,1-2H3,(H,20,23). The first kappa shape index (κ1) is 18.4. The highest BCUT2D eigenvalue weighted by molar-refractivity contribution is 6.04. The number of nitrogens with one attached hydrogen (secondary N) is 1. The Labute approximate surface area is 155 Å². The molecule has 0 aromatic heterocycles. The van der Waals surface area contributed by atoms with E-state index in [1.807, 2.05) is 18.2 Å². The summed E-state index contributed by atoms with van der Waals surface area (Å²) >= 11 is 0. The van der Waals surface area contributed by atoms with Crippen molar-refractivity contribution in [1.29, 1.82) is 0 Å². The largest absolute Gasteiger partial charge is 0.453 e. The number of hydrogen-bond acceptors (Lipinski definition) is 5. The van der Waals surface area contributed by atoms with Gasteiger partial charge in [-0.2, -0.15) is 0 Å². The summed E-state index contributed by atoms with van der Waals surface area (Å²) in [7, 11) is 1.35. The second-order valence-electron chi connectivity index (χ2n) is 6.34. The van der Waals surface area contributed by atoms with Crippen LogP contribution in [0.3, 0.4) is 0 Å². The number of nitro benzene ring substituents is 1. The van der Waals surface area contributed by atoms with E-state index in [-0.39, 0.29) is 17.7 Å². The van der Waals surface area contributed by atoms with E-state index in [1.165, 1.54) is 25.3 Å². The molecule has 1 heterocycles. The topological polar surface area (TPSA) is 102 Å². The molecule has 0 bridgehead atoms. The van der Waals surface area contributed by atoms with Crippen LogP contribution in [0.5, 0.6) is 0 Å². The fourth-order valence-electron chi connectivity index (χ4n) is 3.12. The summed E-state index contributed by atoms with van der Waals surface area (Å²) in [4.78, 5) is 36.2. The van der Waals surface area contributed by atoms with Crippen molar-refractivity contribution >= 4 is 23.4 Å². The zero-order chi connectivity index (χ0) is 19.6. The average molecular weight is 369 g/mol. The summed E-state index contributed by atoms with van der Waals surface area (Å²) in [6, 6.07) is 9.82. The van der Waals surface area contributed by atoms with Gasteiger partial charge in [-0.15, -0.1) is 0 Å². The Bertz CT molecular complexity index is 926. The molecule has 0 unspecified atom stereocenters. The number of carbonyl (C=O) groups excluding carboxylic acids is 2. The van der Waals surface area contributed by atoms with Crippen molar-refractivity contribution in [1.82, 2.24) is 4.90 Å². The Morgan fingerprint density at radius 2 is 1.96 bits per heavy atom. The van der Waals surface area contributed by atoms with Gasteiger partial charge >= 0.3 is 6.09 Å². The third-order valence-corrected chi connectivity index (χ3v) is 4.56. The van der Waals surface area contributed by atoms with E-state index in [1.54, 1.807) is 11.8 Å². The quantitative estimate of drug-likeness (QED) is 0.661. The number of anilines is 1. The molecule has 140 valence electrons. The third kappa shape index (κ3) is 3.89. The number of hydrogen-bond donors (Lipinski definition) is 1. The van der Waals surface area contributed by atoms with Gasteiger partial charge in [0.15, 0.2) is 0 Å². The Kier molecular flexibility index (Phi) is 5.07. The first-order valence-corrected chi connectivity index (χ1v) is 8.40. The van der Waals surface area contributed by atoms with Crippen molar-refractivity contribution in [3.05, 3.63) is 68.8 Å². The van der Waals surface area contributed by atoms with Crippen LogP contribution >= 0.6 is 0 Å². The predicted octanol–water partition coefficient (Wildman–Crippen LogP) is 3.28. The summed E-state index contributed by atoms with van der Waals surface area (Å²) in [5.74, 6) is -0.353. The van der Waals surface area contributed by atoms with Crippen LogP contribution in [-0.2, 0) is 17.7 Å². The zero-order valence-electron chi connectivity index (χ0n) is 15.0. The molecule has 0 fully saturated rings. The van der Waals surface area contributed by atoms with Crippen LogP contribution in [0.2, 0.25) is 0 Å². The van der Waals surface area contributed by atoms with E-state index in [0.29, 0.717) is 29.9 Å². The fourth-order valence-corrected chi connectivity index (χ4v) is 3.12. The maximum absolute atomic E-state index is 12.5. The highest BCUT2D eigenvalue weighted by Gasteiger charge is 2.21. The molecule has 0 radical (unpaired) electrons. The molecule has 0 spiro atoms. The molecule has 8 nitrogen and oxygen atoms in total. The predicted molar refractivity (Wildman–Crippen MR) is 98.7 cm³/mol. The molecule has 1 N–H and O–H groups in total. The van der Waals surface area contributed by atoms with E-state index < -0.39 is 4.92 Å². The molecule has 3 rings (SSSR count). The zero-order valence-corrected chi connectivity index (χ0v) is 15.0. The summed E-state index contributed by atoms with van der Waals surface area (Å²) in [5.41, 5.74) is 3.41. The lowest BCUT2D eigenvalue weighted by atomic mass is 9.99. The molecule has 1 aliphatic rings. The van der Waals surface area contributed by atoms with Gasteiger partial charge in [0.25, 0.3) is 11.6 Å². The van der Waals surface area contributed by atoms with Gasteiger partial charge in [0.1, 0.15) is 0 Å². The average Bonchev–Trinajstić information content (AvgIpc) is 2.66. The minimum absolute atomic E-state index is 0.0248. The van der Waals surface area contributed by atoms with Crippen molar-refractivity contribution in [2.45, 2.75) is 19.9 Å². The van der Waals surface area contributed by atoms with Crippen LogP contribution in [0.15, 0.2) is 36.4 Å². The van der Waals surface area contributed by atoms with Gasteiger partial charge < -0.3 is 15.0 Å². The van der Waals surface area contributed by atoms with Crippen LogP contribution in [0.4, 0.5) is 16.2 Å². The molecule has 2 amide bonds. The summed E-state index contributed by atoms with van der Waals surface area (Å²) in [6.07, 6.45) is 0.344. The lowest BCUT2D eigenvalue weighted by Gasteiger charge is -2.28. The van der Waals surface area contributed by atoms with E-state index >= 15 is 0 Å². The SMILES string of the molecule is COC(=O)N1CCc2ccc(NC(=O)c3ccc([N+](=O)[O-])c(C)c3)cc2C1. The van der Waals surface area contributed by atoms with Crippen molar-refractivity contribution in [2.24, 2.45) is 0 Å². The smallest absolute Gasteiger partial charge is 0.409 e. The minimum atomic E-state index is -0.479. The molecule has 0 aliphatic carbocycles. The lowest BCUT2D eigenvalue weighted by molar-refractivity contribution is -0.385. The van der Waals surface area contributed by atoms with Crippen LogP contribution in [-0.4, -0.2) is 35.5 Å². The van der Waals surface area contributed by atoms with Crippen molar-refractivity contribution in [3.8, 4) is 0 Å². The van der Waals surface area contributed by atoms with Gasteiger partial charge in [0, 0.05) is 36.0 Å². The third-order valence-electron chi connectivity index (χ3n) is 4.56. The molecule has 27 heavy (non-hydrogen) atoms. The molecule has 8 heteroatoms. The van der Waals surface area contributed by atoms with E-state index in [9.17, 15) is 19.7 Å². The van der Waals surface area contributed by atoms with E-state index in [4.69, 9.17) is 4.74 Å². The number of methoxy groups -OCH3 is 1. The Morgan fingerprint density at radius 1 is 1.19 bits per heavy atom. The van der Waals surface area contributed by atoms with E-state index in [0.717, 1.165) is 17.5 Å². The molecule has 2 aromatic carbocycles. The first-order valence-electron chi connectivity index (χ1n) is 8.40. The Balaban J connectivity index is 1.77. The summed E-state index contributed by atoms with van der Waals surface area (Å²) in [6.45, 7) is 2.60. The maximum atomic E-state index is 12.5. The minimum Gasteiger partial charge on any atom is -0.453 e. The molecule has 2 aromatic rings. The summed E-state index contributed by atoms with van der Waals surface area (Å²) < 4.78 is 4.76. The Hall–Kier alpha value is -3.42. The van der Waals surface area contributed by atoms with Gasteiger partial charge in [-0.05, 0) is 48.7 Å². The lowest BCUT2D eigenvalue weighted by Crippen LogP contribution is -2.35. The normalized spacial score (nSPS) is 12.9. The molecule has 0 saturated heterocycles. The number of fused-ring (bicyclic) bond motifs is 1. The monoisotopic (exact) mass is 369 g/mol. The van der Waals surface area contributed by atoms with Crippen LogP contribution < -0.4 is 5.32 Å². The van der Waals surface area contributed by atoms with Gasteiger partial charge in [0.05, 0.1) is 12.0 Å². The van der Waals surface area contributed by atoms with Gasteiger partial charge in [-0.25, -0.2) is 4.79 Å². The molecule has 0 atom stereocenters. The second kappa shape index (κ2) is 7.45. The molecular weight excluding hydrogens is 350 g/mol. The molecular formula is C19H19N3O5. The van der Waals surface area contributed by atoms with Gasteiger partial charge in [-0.3, -0.25) is 14.9 Å². The highest BCUT2D eigenvalue weighted by Crippen LogP contribution is 2.24. The number of aryl methyl sites for hydroxylation is 1. The highest BCUT2D eigenvalue weighted by atomic mass is 16.6. The number of benzene rings is 2. The molecule has 0 saturated carbocycles. The van der Waals surface area contributed by atoms with Crippen LogP contribution in [0, 0.1) is 17.0 Å². The summed E-state index contributed by atoms with van der Waals surface area (Å²) in [5, 5.41) is 13.7. The number of nitrogens with zero attached hydrogens (tertiary/aromatic N) is 2. The number of rotatable bonds is 3. The molecule has 1 aliphatic heterocycles. The van der Waals surface area contributed by atoms with Gasteiger partial charge in [0.2, 0.25) is 0 Å². The van der Waals surface area contributed by atoms with Crippen LogP contribution in [0.1, 0.15) is 27.0 Å². The van der Waals surface area contributed by atoms with Crippen molar-refractivity contribution < 1.29 is 19.2 Å². The fraction of sp³-hybridized carbons (Fsp3) is 0.263. The second-order valence-corrected chi connectivity index (χ2v) is 6.34.